The van der Waals surface area contributed by atoms with Crippen molar-refractivity contribution in [3.8, 4) is 0 Å². The molecule has 2 aliphatic carbocycles. The molecule has 17 heavy (non-hydrogen) atoms. The number of hydrogen-bond donors (Lipinski definition) is 0. The van der Waals surface area contributed by atoms with Crippen LogP contribution in [0.2, 0.25) is 0 Å². The van der Waals surface area contributed by atoms with Crippen LogP contribution in [0.5, 0.6) is 0 Å². The molecule has 0 spiro atoms. The second-order valence-corrected chi connectivity index (χ2v) is 9.32. The summed E-state index contributed by atoms with van der Waals surface area (Å²) in [6, 6.07) is 0. The van der Waals surface area contributed by atoms with Gasteiger partial charge in [-0.2, -0.15) is 0 Å². The van der Waals surface area contributed by atoms with Crippen LogP contribution in [0.4, 0.5) is 0 Å². The number of halogens is 7. The van der Waals surface area contributed by atoms with Crippen molar-refractivity contribution in [3.63, 3.8) is 0 Å². The SMILES string of the molecule is C=C1C(C)(C)[C@@]2(Cl)C(Cl)[C@]1(Cl)C(Cl)(Cl)C2(Cl)Cl. The number of alkyl halides is 7. The van der Waals surface area contributed by atoms with Crippen molar-refractivity contribution in [3.05, 3.63) is 12.2 Å². The van der Waals surface area contributed by atoms with Gasteiger partial charge in [0.05, 0.1) is 5.38 Å². The Morgan fingerprint density at radius 2 is 1.35 bits per heavy atom. The average Bonchev–Trinajstić information content (AvgIpc) is 2.35. The monoisotopic (exact) mass is 374 g/mol. The number of allylic oxidation sites excluding steroid dienone is 1. The lowest BCUT2D eigenvalue weighted by Gasteiger charge is -2.51. The van der Waals surface area contributed by atoms with Crippen molar-refractivity contribution in [1.82, 2.24) is 0 Å². The molecule has 0 amide bonds. The zero-order chi connectivity index (χ0) is 13.7. The van der Waals surface area contributed by atoms with E-state index in [9.17, 15) is 0 Å². The van der Waals surface area contributed by atoms with Gasteiger partial charge < -0.3 is 0 Å². The maximum Gasteiger partial charge on any atom is 0.177 e. The lowest BCUT2D eigenvalue weighted by molar-refractivity contribution is 0.300. The van der Waals surface area contributed by atoms with Gasteiger partial charge in [0, 0.05) is 5.41 Å². The highest BCUT2D eigenvalue weighted by atomic mass is 35.5. The summed E-state index contributed by atoms with van der Waals surface area (Å²) in [5.41, 5.74) is -0.150. The first kappa shape index (κ1) is 15.2. The number of hydrogen-bond acceptors (Lipinski definition) is 0. The molecule has 1 unspecified atom stereocenters. The number of fused-ring (bicyclic) bond motifs is 2. The Hall–Kier alpha value is 1.77. The molecule has 2 aliphatic rings. The van der Waals surface area contributed by atoms with Crippen LogP contribution in [-0.2, 0) is 0 Å². The zero-order valence-corrected chi connectivity index (χ0v) is 14.2. The van der Waals surface area contributed by atoms with E-state index in [1.165, 1.54) is 0 Å². The molecule has 0 aromatic rings. The van der Waals surface area contributed by atoms with Crippen LogP contribution in [0.3, 0.4) is 0 Å². The molecule has 0 radical (unpaired) electrons. The molecule has 3 atom stereocenters. The fourth-order valence-electron chi connectivity index (χ4n) is 2.78. The quantitative estimate of drug-likeness (QED) is 0.386. The van der Waals surface area contributed by atoms with Gasteiger partial charge in [-0.1, -0.05) is 66.8 Å². The van der Waals surface area contributed by atoms with Crippen LogP contribution in [0.15, 0.2) is 12.2 Å². The van der Waals surface area contributed by atoms with Gasteiger partial charge in [-0.25, -0.2) is 0 Å². The second-order valence-electron chi connectivity index (χ2n) is 5.04. The van der Waals surface area contributed by atoms with Crippen LogP contribution in [0, 0.1) is 5.41 Å². The van der Waals surface area contributed by atoms with Crippen molar-refractivity contribution in [2.45, 2.75) is 37.6 Å². The molecule has 0 aliphatic heterocycles. The molecule has 0 heterocycles. The predicted molar refractivity (Wildman–Crippen MR) is 78.6 cm³/mol. The van der Waals surface area contributed by atoms with Crippen molar-refractivity contribution in [1.29, 1.82) is 0 Å². The Morgan fingerprint density at radius 3 is 1.65 bits per heavy atom. The van der Waals surface area contributed by atoms with Crippen LogP contribution >= 0.6 is 81.2 Å². The molecule has 2 fully saturated rings. The summed E-state index contributed by atoms with van der Waals surface area (Å²) in [5, 5.41) is -0.828. The molecule has 98 valence electrons. The minimum Gasteiger partial charge on any atom is -0.119 e. The van der Waals surface area contributed by atoms with E-state index in [2.05, 4.69) is 6.58 Å². The highest BCUT2D eigenvalue weighted by Crippen LogP contribution is 2.81. The van der Waals surface area contributed by atoms with E-state index in [0.717, 1.165) is 0 Å². The van der Waals surface area contributed by atoms with E-state index in [0.29, 0.717) is 5.57 Å². The fraction of sp³-hybridized carbons (Fsp3) is 0.800. The van der Waals surface area contributed by atoms with Crippen molar-refractivity contribution >= 4 is 81.2 Å². The van der Waals surface area contributed by atoms with E-state index in [1.807, 2.05) is 13.8 Å². The summed E-state index contributed by atoms with van der Waals surface area (Å²) in [4.78, 5) is -2.67. The molecule has 0 aromatic heterocycles. The highest BCUT2D eigenvalue weighted by molar-refractivity contribution is 6.71. The second kappa shape index (κ2) is 3.50. The average molecular weight is 377 g/mol. The fourth-order valence-corrected chi connectivity index (χ4v) is 6.67. The van der Waals surface area contributed by atoms with E-state index >= 15 is 0 Å². The summed E-state index contributed by atoms with van der Waals surface area (Å²) >= 11 is 44.5. The molecule has 7 heteroatoms. The third-order valence-corrected chi connectivity index (χ3v) is 9.79. The maximum absolute atomic E-state index is 6.59. The number of rotatable bonds is 0. The Bertz CT molecular complexity index is 413. The first-order valence-corrected chi connectivity index (χ1v) is 7.49. The summed E-state index contributed by atoms with van der Waals surface area (Å²) in [7, 11) is 0. The first-order valence-electron chi connectivity index (χ1n) is 4.78. The first-order chi connectivity index (χ1) is 7.31. The standard InChI is InChI=1S/C10H9Cl7/c1-4-6(2,3)8(13)5(11)7(4,12)9(14,15)10(8,16)17/h5H,1H2,2-3H3/t5?,7-,8-/m0/s1. The molecule has 0 N–H and O–H groups in total. The van der Waals surface area contributed by atoms with Crippen LogP contribution in [0.1, 0.15) is 13.8 Å². The van der Waals surface area contributed by atoms with Gasteiger partial charge in [0.1, 0.15) is 9.75 Å². The maximum atomic E-state index is 6.59. The summed E-state index contributed by atoms with van der Waals surface area (Å²) < 4.78 is -3.41. The third kappa shape index (κ3) is 1.16. The van der Waals surface area contributed by atoms with E-state index in [1.54, 1.807) is 0 Å². The predicted octanol–water partition coefficient (Wildman–Crippen LogP) is 5.51. The molecule has 2 bridgehead atoms. The van der Waals surface area contributed by atoms with Crippen molar-refractivity contribution in [2.24, 2.45) is 5.41 Å². The van der Waals surface area contributed by atoms with Gasteiger partial charge in [-0.3, -0.25) is 0 Å². The minimum atomic E-state index is -1.72. The topological polar surface area (TPSA) is 0 Å². The molecular formula is C10H9Cl7. The molecule has 2 saturated carbocycles. The molecular weight excluding hydrogens is 368 g/mol. The summed E-state index contributed by atoms with van der Waals surface area (Å²) in [6.07, 6.45) is 0. The zero-order valence-electron chi connectivity index (χ0n) is 8.93. The highest BCUT2D eigenvalue weighted by Gasteiger charge is 2.90. The Labute approximate surface area is 135 Å². The van der Waals surface area contributed by atoms with Crippen molar-refractivity contribution in [2.75, 3.05) is 0 Å². The van der Waals surface area contributed by atoms with Gasteiger partial charge in [0.15, 0.2) is 8.67 Å². The Balaban J connectivity index is 2.84. The smallest absolute Gasteiger partial charge is 0.119 e. The normalized spacial score (nSPS) is 49.7. The largest absolute Gasteiger partial charge is 0.177 e. The van der Waals surface area contributed by atoms with Crippen LogP contribution < -0.4 is 0 Å². The van der Waals surface area contributed by atoms with E-state index < -0.39 is 29.2 Å². The Kier molecular flexibility index (Phi) is 3.12. The molecule has 2 rings (SSSR count). The summed E-state index contributed by atoms with van der Waals surface area (Å²) in [5.74, 6) is 0. The lowest BCUT2D eigenvalue weighted by atomic mass is 9.71. The summed E-state index contributed by atoms with van der Waals surface area (Å²) in [6.45, 7) is 7.58. The molecule has 0 nitrogen and oxygen atoms in total. The van der Waals surface area contributed by atoms with Crippen LogP contribution in [0.25, 0.3) is 0 Å². The Morgan fingerprint density at radius 1 is 0.941 bits per heavy atom. The third-order valence-electron chi connectivity index (χ3n) is 4.11. The van der Waals surface area contributed by atoms with Crippen molar-refractivity contribution < 1.29 is 0 Å². The van der Waals surface area contributed by atoms with Gasteiger partial charge in [-0.15, -0.1) is 34.8 Å². The minimum absolute atomic E-state index is 0.545. The van der Waals surface area contributed by atoms with E-state index in [4.69, 9.17) is 81.2 Å². The van der Waals surface area contributed by atoms with Gasteiger partial charge >= 0.3 is 0 Å². The molecule has 0 aromatic carbocycles. The molecule has 0 saturated heterocycles. The van der Waals surface area contributed by atoms with Gasteiger partial charge in [0.25, 0.3) is 0 Å². The lowest BCUT2D eigenvalue weighted by Crippen LogP contribution is -2.61. The van der Waals surface area contributed by atoms with Gasteiger partial charge in [0.2, 0.25) is 0 Å². The van der Waals surface area contributed by atoms with E-state index in [-0.39, 0.29) is 0 Å². The van der Waals surface area contributed by atoms with Crippen LogP contribution in [-0.4, -0.2) is 23.8 Å². The van der Waals surface area contributed by atoms with Gasteiger partial charge in [-0.05, 0) is 5.57 Å².